The number of nitrogens with one attached hydrogen (secondary N) is 2. The first-order valence-corrected chi connectivity index (χ1v) is 7.80. The van der Waals surface area contributed by atoms with Crippen LogP contribution in [0.2, 0.25) is 0 Å². The molecule has 0 aliphatic carbocycles. The van der Waals surface area contributed by atoms with Crippen molar-refractivity contribution in [3.63, 3.8) is 0 Å². The molecule has 3 amide bonds. The Bertz CT molecular complexity index is 515. The molecule has 2 rings (SSSR count). The van der Waals surface area contributed by atoms with Gasteiger partial charge in [-0.2, -0.15) is 0 Å². The van der Waals surface area contributed by atoms with E-state index in [1.807, 2.05) is 17.9 Å². The fourth-order valence-corrected chi connectivity index (χ4v) is 2.52. The monoisotopic (exact) mass is 304 g/mol. The van der Waals surface area contributed by atoms with Crippen molar-refractivity contribution in [3.05, 3.63) is 23.9 Å². The Kier molecular flexibility index (Phi) is 5.75. The summed E-state index contributed by atoms with van der Waals surface area (Å²) in [5.41, 5.74) is 1.04. The molecular weight excluding hydrogens is 280 g/mol. The average Bonchev–Trinajstić information content (AvgIpc) is 2.49. The summed E-state index contributed by atoms with van der Waals surface area (Å²) >= 11 is 0. The summed E-state index contributed by atoms with van der Waals surface area (Å²) in [5.74, 6) is 0.936. The van der Waals surface area contributed by atoms with Gasteiger partial charge in [-0.1, -0.05) is 13.0 Å². The van der Waals surface area contributed by atoms with E-state index in [0.717, 1.165) is 25.1 Å². The zero-order chi connectivity index (χ0) is 15.9. The van der Waals surface area contributed by atoms with E-state index in [-0.39, 0.29) is 18.4 Å². The van der Waals surface area contributed by atoms with E-state index >= 15 is 0 Å². The van der Waals surface area contributed by atoms with Crippen LogP contribution in [0, 0.1) is 12.8 Å². The molecule has 1 aromatic heterocycles. The quantitative estimate of drug-likeness (QED) is 0.895. The number of rotatable bonds is 4. The highest BCUT2D eigenvalue weighted by Crippen LogP contribution is 2.15. The molecule has 1 fully saturated rings. The topological polar surface area (TPSA) is 74.3 Å². The van der Waals surface area contributed by atoms with Crippen LogP contribution in [0.15, 0.2) is 18.3 Å². The lowest BCUT2D eigenvalue weighted by Crippen LogP contribution is -2.45. The molecule has 1 saturated heterocycles. The number of aryl methyl sites for hydroxylation is 1. The van der Waals surface area contributed by atoms with Gasteiger partial charge in [0.15, 0.2) is 0 Å². The summed E-state index contributed by atoms with van der Waals surface area (Å²) in [6, 6.07) is 3.58. The van der Waals surface area contributed by atoms with E-state index < -0.39 is 0 Å². The standard InChI is InChI=1S/C16H24N4O2/c1-12-5-6-14(18-10-12)19-15(21)7-8-17-16(22)20-9-3-4-13(2)11-20/h5-6,10,13H,3-4,7-9,11H2,1-2H3,(H,17,22)(H,18,19,21)/t13-/m0/s1. The number of aromatic nitrogens is 1. The van der Waals surface area contributed by atoms with Gasteiger partial charge in [-0.3, -0.25) is 4.79 Å². The second-order valence-corrected chi connectivity index (χ2v) is 5.94. The fraction of sp³-hybridized carbons (Fsp3) is 0.562. The van der Waals surface area contributed by atoms with Crippen molar-refractivity contribution in [2.45, 2.75) is 33.1 Å². The van der Waals surface area contributed by atoms with Crippen molar-refractivity contribution in [1.29, 1.82) is 0 Å². The first-order valence-electron chi connectivity index (χ1n) is 7.80. The highest BCUT2D eigenvalue weighted by atomic mass is 16.2. The molecule has 22 heavy (non-hydrogen) atoms. The molecule has 0 aromatic carbocycles. The van der Waals surface area contributed by atoms with E-state index in [1.165, 1.54) is 6.42 Å². The summed E-state index contributed by atoms with van der Waals surface area (Å²) in [5, 5.41) is 5.52. The van der Waals surface area contributed by atoms with Gasteiger partial charge < -0.3 is 15.5 Å². The third-order valence-corrected chi connectivity index (χ3v) is 3.75. The van der Waals surface area contributed by atoms with Crippen LogP contribution in [0.4, 0.5) is 10.6 Å². The Morgan fingerprint density at radius 1 is 1.41 bits per heavy atom. The molecule has 1 atom stereocenters. The minimum Gasteiger partial charge on any atom is -0.337 e. The number of carbonyl (C=O) groups is 2. The molecular formula is C16H24N4O2. The number of anilines is 1. The van der Waals surface area contributed by atoms with Crippen molar-refractivity contribution in [1.82, 2.24) is 15.2 Å². The van der Waals surface area contributed by atoms with Gasteiger partial charge in [0.2, 0.25) is 5.91 Å². The number of carbonyl (C=O) groups excluding carboxylic acids is 2. The van der Waals surface area contributed by atoms with Crippen LogP contribution in [-0.4, -0.2) is 41.5 Å². The highest BCUT2D eigenvalue weighted by molar-refractivity contribution is 5.90. The van der Waals surface area contributed by atoms with Crippen molar-refractivity contribution in [2.75, 3.05) is 25.0 Å². The lowest BCUT2D eigenvalue weighted by molar-refractivity contribution is -0.116. The molecule has 1 aliphatic heterocycles. The van der Waals surface area contributed by atoms with E-state index in [9.17, 15) is 9.59 Å². The van der Waals surface area contributed by atoms with Crippen LogP contribution >= 0.6 is 0 Å². The SMILES string of the molecule is Cc1ccc(NC(=O)CCNC(=O)N2CCC[C@H](C)C2)nc1. The molecule has 0 unspecified atom stereocenters. The molecule has 120 valence electrons. The molecule has 0 bridgehead atoms. The first kappa shape index (κ1) is 16.3. The van der Waals surface area contributed by atoms with Crippen LogP contribution in [0.1, 0.15) is 31.7 Å². The van der Waals surface area contributed by atoms with Gasteiger partial charge >= 0.3 is 6.03 Å². The summed E-state index contributed by atoms with van der Waals surface area (Å²) in [4.78, 5) is 29.7. The van der Waals surface area contributed by atoms with Crippen LogP contribution < -0.4 is 10.6 Å². The summed E-state index contributed by atoms with van der Waals surface area (Å²) < 4.78 is 0. The fourth-order valence-electron chi connectivity index (χ4n) is 2.52. The summed E-state index contributed by atoms with van der Waals surface area (Å²) in [6.45, 7) is 6.03. The zero-order valence-electron chi connectivity index (χ0n) is 13.3. The van der Waals surface area contributed by atoms with Crippen LogP contribution in [0.3, 0.4) is 0 Å². The summed E-state index contributed by atoms with van der Waals surface area (Å²) in [7, 11) is 0. The molecule has 2 N–H and O–H groups in total. The lowest BCUT2D eigenvalue weighted by Gasteiger charge is -2.30. The van der Waals surface area contributed by atoms with Gasteiger partial charge in [-0.05, 0) is 37.3 Å². The van der Waals surface area contributed by atoms with Crippen LogP contribution in [0.5, 0.6) is 0 Å². The van der Waals surface area contributed by atoms with Crippen molar-refractivity contribution in [2.24, 2.45) is 5.92 Å². The zero-order valence-corrected chi connectivity index (χ0v) is 13.3. The van der Waals surface area contributed by atoms with Crippen LogP contribution in [0.25, 0.3) is 0 Å². The van der Waals surface area contributed by atoms with E-state index in [2.05, 4.69) is 22.5 Å². The van der Waals surface area contributed by atoms with Gasteiger partial charge in [0.25, 0.3) is 0 Å². The maximum atomic E-state index is 12.0. The molecule has 2 heterocycles. The molecule has 0 radical (unpaired) electrons. The van der Waals surface area contributed by atoms with E-state index in [0.29, 0.717) is 18.3 Å². The Morgan fingerprint density at radius 2 is 2.23 bits per heavy atom. The van der Waals surface area contributed by atoms with E-state index in [4.69, 9.17) is 0 Å². The van der Waals surface area contributed by atoms with Gasteiger partial charge in [-0.15, -0.1) is 0 Å². The number of urea groups is 1. The number of hydrogen-bond donors (Lipinski definition) is 2. The maximum Gasteiger partial charge on any atom is 0.317 e. The average molecular weight is 304 g/mol. The molecule has 6 nitrogen and oxygen atoms in total. The third-order valence-electron chi connectivity index (χ3n) is 3.75. The summed E-state index contributed by atoms with van der Waals surface area (Å²) in [6.07, 6.45) is 4.17. The lowest BCUT2D eigenvalue weighted by atomic mass is 10.0. The van der Waals surface area contributed by atoms with Gasteiger partial charge in [0, 0.05) is 32.3 Å². The van der Waals surface area contributed by atoms with E-state index in [1.54, 1.807) is 12.3 Å². The molecule has 1 aromatic rings. The second kappa shape index (κ2) is 7.77. The third kappa shape index (κ3) is 5.02. The molecule has 1 aliphatic rings. The van der Waals surface area contributed by atoms with Gasteiger partial charge in [-0.25, -0.2) is 9.78 Å². The first-order chi connectivity index (χ1) is 10.5. The van der Waals surface area contributed by atoms with Crippen molar-refractivity contribution >= 4 is 17.8 Å². The molecule has 6 heteroatoms. The number of amides is 3. The number of nitrogens with zero attached hydrogens (tertiary/aromatic N) is 2. The minimum atomic E-state index is -0.149. The van der Waals surface area contributed by atoms with Crippen molar-refractivity contribution in [3.8, 4) is 0 Å². The number of likely N-dealkylation sites (tertiary alicyclic amines) is 1. The second-order valence-electron chi connectivity index (χ2n) is 5.94. The Balaban J connectivity index is 1.68. The smallest absolute Gasteiger partial charge is 0.317 e. The van der Waals surface area contributed by atoms with Crippen LogP contribution in [-0.2, 0) is 4.79 Å². The minimum absolute atomic E-state index is 0.0761. The molecule has 0 saturated carbocycles. The predicted molar refractivity (Wildman–Crippen MR) is 85.6 cm³/mol. The highest BCUT2D eigenvalue weighted by Gasteiger charge is 2.20. The Morgan fingerprint density at radius 3 is 2.91 bits per heavy atom. The largest absolute Gasteiger partial charge is 0.337 e. The number of pyridine rings is 1. The Hall–Kier alpha value is -2.11. The Labute approximate surface area is 131 Å². The van der Waals surface area contributed by atoms with Gasteiger partial charge in [0.05, 0.1) is 0 Å². The number of hydrogen-bond acceptors (Lipinski definition) is 3. The van der Waals surface area contributed by atoms with Gasteiger partial charge in [0.1, 0.15) is 5.82 Å². The maximum absolute atomic E-state index is 12.0. The molecule has 0 spiro atoms. The van der Waals surface area contributed by atoms with Crippen molar-refractivity contribution < 1.29 is 9.59 Å². The number of piperidine rings is 1. The normalized spacial score (nSPS) is 17.9. The predicted octanol–water partition coefficient (Wildman–Crippen LogP) is 2.16.